The Morgan fingerprint density at radius 1 is 0.757 bits per heavy atom. The summed E-state index contributed by atoms with van der Waals surface area (Å²) in [4.78, 5) is 26.7. The zero-order valence-electron chi connectivity index (χ0n) is 18.9. The summed E-state index contributed by atoms with van der Waals surface area (Å²) in [5.41, 5.74) is -7.37. The van der Waals surface area contributed by atoms with Crippen LogP contribution in [0.3, 0.4) is 0 Å². The summed E-state index contributed by atoms with van der Waals surface area (Å²) in [6.45, 7) is 0. The Hall–Kier alpha value is -3.30. The van der Waals surface area contributed by atoms with Gasteiger partial charge in [0.15, 0.2) is 13.9 Å². The number of hydrogen-bond donors (Lipinski definition) is 0. The molecule has 3 aromatic rings. The van der Waals surface area contributed by atoms with Gasteiger partial charge < -0.3 is 14.0 Å². The Bertz CT molecular complexity index is 1280. The number of hydrogen-bond acceptors (Lipinski definition) is 5. The van der Waals surface area contributed by atoms with Crippen molar-refractivity contribution in [2.24, 2.45) is 0 Å². The number of methoxy groups -OCH3 is 2. The molecular weight excluding hydrogens is 549 g/mol. The van der Waals surface area contributed by atoms with Crippen molar-refractivity contribution in [3.8, 4) is 11.5 Å². The van der Waals surface area contributed by atoms with Crippen LogP contribution in [0.25, 0.3) is 0 Å². The Morgan fingerprint density at radius 2 is 1.32 bits per heavy atom. The highest BCUT2D eigenvalue weighted by atomic mass is 35.5. The minimum atomic E-state index is -5.31. The SMILES string of the molecule is COc1ccc(Cl)c(OC)c1C(=O)OP(C(=O)c1c(C(F)(F)F)cccc1C(F)(F)F)c1ccccc1. The first-order valence-electron chi connectivity index (χ1n) is 10.1. The van der Waals surface area contributed by atoms with Crippen molar-refractivity contribution in [1.29, 1.82) is 0 Å². The molecule has 1 atom stereocenters. The number of rotatable bonds is 7. The highest BCUT2D eigenvalue weighted by Gasteiger charge is 2.45. The van der Waals surface area contributed by atoms with E-state index in [-0.39, 0.29) is 21.8 Å². The Labute approximate surface area is 212 Å². The molecule has 0 spiro atoms. The third-order valence-electron chi connectivity index (χ3n) is 4.94. The van der Waals surface area contributed by atoms with Gasteiger partial charge in [-0.05, 0) is 24.3 Å². The van der Waals surface area contributed by atoms with Gasteiger partial charge in [-0.3, -0.25) is 4.79 Å². The van der Waals surface area contributed by atoms with E-state index < -0.39 is 54.2 Å². The largest absolute Gasteiger partial charge is 0.496 e. The number of carbonyl (C=O) groups excluding carboxylic acids is 2. The van der Waals surface area contributed by atoms with Gasteiger partial charge in [0.05, 0.1) is 35.9 Å². The molecule has 0 fully saturated rings. The molecule has 3 aromatic carbocycles. The lowest BCUT2D eigenvalue weighted by Crippen LogP contribution is -2.23. The van der Waals surface area contributed by atoms with E-state index in [2.05, 4.69) is 0 Å². The lowest BCUT2D eigenvalue weighted by atomic mass is 10.0. The van der Waals surface area contributed by atoms with Gasteiger partial charge in [-0.2, -0.15) is 26.3 Å². The second-order valence-corrected chi connectivity index (χ2v) is 9.30. The Morgan fingerprint density at radius 3 is 1.81 bits per heavy atom. The maximum absolute atomic E-state index is 13.7. The lowest BCUT2D eigenvalue weighted by molar-refractivity contribution is -0.143. The predicted molar refractivity (Wildman–Crippen MR) is 124 cm³/mol. The van der Waals surface area contributed by atoms with Gasteiger partial charge >= 0.3 is 18.3 Å². The van der Waals surface area contributed by atoms with Gasteiger partial charge in [0.25, 0.3) is 0 Å². The van der Waals surface area contributed by atoms with Crippen LogP contribution in [-0.2, 0) is 16.9 Å². The zero-order valence-corrected chi connectivity index (χ0v) is 20.6. The van der Waals surface area contributed by atoms with E-state index in [1.165, 1.54) is 49.6 Å². The van der Waals surface area contributed by atoms with E-state index in [1.807, 2.05) is 0 Å². The van der Waals surface area contributed by atoms with E-state index in [1.54, 1.807) is 0 Å². The summed E-state index contributed by atoms with van der Waals surface area (Å²) in [5.74, 6) is -1.65. The van der Waals surface area contributed by atoms with Gasteiger partial charge in [0.1, 0.15) is 11.3 Å². The summed E-state index contributed by atoms with van der Waals surface area (Å²) in [6, 6.07) is 10.6. The van der Waals surface area contributed by atoms with Crippen LogP contribution in [0.4, 0.5) is 26.3 Å². The number of benzene rings is 3. The predicted octanol–water partition coefficient (Wildman–Crippen LogP) is 7.11. The minimum Gasteiger partial charge on any atom is -0.496 e. The number of carbonyl (C=O) groups is 2. The van der Waals surface area contributed by atoms with Crippen LogP contribution in [0, 0.1) is 0 Å². The summed E-state index contributed by atoms with van der Waals surface area (Å²) < 4.78 is 98.0. The Kier molecular flexibility index (Phi) is 8.39. The van der Waals surface area contributed by atoms with Crippen molar-refractivity contribution in [3.05, 3.63) is 87.9 Å². The van der Waals surface area contributed by atoms with Crippen molar-refractivity contribution < 1.29 is 49.9 Å². The summed E-state index contributed by atoms with van der Waals surface area (Å²) in [6.07, 6.45) is -10.6. The number of halogens is 7. The molecule has 13 heteroatoms. The van der Waals surface area contributed by atoms with Crippen molar-refractivity contribution in [2.75, 3.05) is 14.2 Å². The lowest BCUT2D eigenvalue weighted by Gasteiger charge is -2.22. The summed E-state index contributed by atoms with van der Waals surface area (Å²) in [7, 11) is -0.711. The van der Waals surface area contributed by atoms with E-state index in [0.29, 0.717) is 18.2 Å². The molecule has 3 rings (SSSR count). The monoisotopic (exact) mass is 564 g/mol. The molecule has 0 aliphatic heterocycles. The van der Waals surface area contributed by atoms with Crippen molar-refractivity contribution in [2.45, 2.75) is 12.4 Å². The van der Waals surface area contributed by atoms with Gasteiger partial charge in [0, 0.05) is 5.30 Å². The molecule has 0 bridgehead atoms. The zero-order chi connectivity index (χ0) is 27.5. The highest BCUT2D eigenvalue weighted by Crippen LogP contribution is 2.49. The van der Waals surface area contributed by atoms with Crippen LogP contribution in [0.5, 0.6) is 11.5 Å². The average molecular weight is 565 g/mol. The summed E-state index contributed by atoms with van der Waals surface area (Å²) >= 11 is 6.06. The van der Waals surface area contributed by atoms with Crippen LogP contribution in [0.1, 0.15) is 31.8 Å². The normalized spacial score (nSPS) is 12.6. The second kappa shape index (κ2) is 11.0. The summed E-state index contributed by atoms with van der Waals surface area (Å²) in [5, 5.41) is -0.173. The van der Waals surface area contributed by atoms with E-state index in [0.717, 1.165) is 7.11 Å². The van der Waals surface area contributed by atoms with Crippen LogP contribution < -0.4 is 14.8 Å². The first-order valence-corrected chi connectivity index (χ1v) is 11.7. The molecule has 0 radical (unpaired) electrons. The van der Waals surface area contributed by atoms with Gasteiger partial charge in [-0.1, -0.05) is 48.0 Å². The van der Waals surface area contributed by atoms with Gasteiger partial charge in [-0.25, -0.2) is 4.79 Å². The van der Waals surface area contributed by atoms with Gasteiger partial charge in [0.2, 0.25) is 5.52 Å². The smallest absolute Gasteiger partial charge is 0.417 e. The highest BCUT2D eigenvalue weighted by molar-refractivity contribution is 7.78. The van der Waals surface area contributed by atoms with Crippen LogP contribution >= 0.6 is 19.7 Å². The van der Waals surface area contributed by atoms with E-state index in [9.17, 15) is 35.9 Å². The average Bonchev–Trinajstić information content (AvgIpc) is 2.85. The van der Waals surface area contributed by atoms with Crippen LogP contribution in [-0.4, -0.2) is 25.7 Å². The molecule has 0 aliphatic carbocycles. The molecule has 0 aliphatic rings. The van der Waals surface area contributed by atoms with Crippen molar-refractivity contribution in [3.63, 3.8) is 0 Å². The first kappa shape index (κ1) is 28.3. The van der Waals surface area contributed by atoms with E-state index in [4.69, 9.17) is 25.6 Å². The Balaban J connectivity index is 2.23. The molecule has 0 heterocycles. The number of alkyl halides is 6. The van der Waals surface area contributed by atoms with E-state index >= 15 is 0 Å². The maximum atomic E-state index is 13.7. The molecule has 1 unspecified atom stereocenters. The maximum Gasteiger partial charge on any atom is 0.417 e. The molecule has 0 saturated heterocycles. The standard InChI is InChI=1S/C24H16ClF6O5P/c1-34-17-12-11-16(25)20(35-2)19(17)21(32)36-37(13-7-4-3-5-8-13)22(33)18-14(23(26,27)28)9-6-10-15(18)24(29,30)31/h3-12H,1-2H3. The fourth-order valence-corrected chi connectivity index (χ4v) is 5.16. The molecule has 0 amide bonds. The first-order chi connectivity index (χ1) is 17.3. The molecule has 0 aromatic heterocycles. The molecule has 0 N–H and O–H groups in total. The van der Waals surface area contributed by atoms with Crippen LogP contribution in [0.2, 0.25) is 5.02 Å². The van der Waals surface area contributed by atoms with Crippen molar-refractivity contribution in [1.82, 2.24) is 0 Å². The van der Waals surface area contributed by atoms with Crippen LogP contribution in [0.15, 0.2) is 60.7 Å². The molecule has 37 heavy (non-hydrogen) atoms. The van der Waals surface area contributed by atoms with Gasteiger partial charge in [-0.15, -0.1) is 0 Å². The molecular formula is C24H16ClF6O5P. The van der Waals surface area contributed by atoms with Crippen molar-refractivity contribution >= 4 is 36.5 Å². The molecule has 5 nitrogen and oxygen atoms in total. The second-order valence-electron chi connectivity index (χ2n) is 7.20. The fraction of sp³-hybridized carbons (Fsp3) is 0.167. The fourth-order valence-electron chi connectivity index (χ4n) is 3.36. The quantitative estimate of drug-likeness (QED) is 0.226. The third kappa shape index (κ3) is 5.99. The number of ether oxygens (including phenoxy) is 2. The third-order valence-corrected chi connectivity index (χ3v) is 6.94. The minimum absolute atomic E-state index is 0.0626. The molecule has 0 saturated carbocycles. The topological polar surface area (TPSA) is 61.8 Å². The molecule has 196 valence electrons.